The van der Waals surface area contributed by atoms with E-state index in [0.29, 0.717) is 6.42 Å². The van der Waals surface area contributed by atoms with Crippen LogP contribution in [0.3, 0.4) is 0 Å². The van der Waals surface area contributed by atoms with Crippen molar-refractivity contribution in [2.45, 2.75) is 38.8 Å². The maximum Gasteiger partial charge on any atom is 0.418 e. The number of rotatable bonds is 5. The summed E-state index contributed by atoms with van der Waals surface area (Å²) in [6.07, 6.45) is -0.730. The Bertz CT molecular complexity index is 354. The van der Waals surface area contributed by atoms with Crippen LogP contribution in [0.4, 0.5) is 13.2 Å². The minimum absolute atomic E-state index is 0.164. The Morgan fingerprint density at radius 2 is 2.06 bits per heavy atom. The van der Waals surface area contributed by atoms with E-state index in [0.717, 1.165) is 25.1 Å². The minimum Gasteiger partial charge on any atom is -0.358 e. The summed E-state index contributed by atoms with van der Waals surface area (Å²) in [5.74, 6) is -0.467. The van der Waals surface area contributed by atoms with E-state index in [1.807, 2.05) is 6.92 Å². The first-order chi connectivity index (χ1) is 7.46. The molecular formula is C11H14F3NO. The third-order valence-corrected chi connectivity index (χ3v) is 2.34. The number of aromatic amines is 1. The molecule has 1 aromatic heterocycles. The lowest BCUT2D eigenvalue weighted by molar-refractivity contribution is -0.137. The van der Waals surface area contributed by atoms with Crippen LogP contribution < -0.4 is 0 Å². The molecule has 1 aromatic rings. The van der Waals surface area contributed by atoms with Gasteiger partial charge in [0.25, 0.3) is 0 Å². The molecule has 1 rings (SSSR count). The third kappa shape index (κ3) is 3.12. The van der Waals surface area contributed by atoms with Gasteiger partial charge in [-0.2, -0.15) is 13.2 Å². The molecule has 0 aliphatic carbocycles. The van der Waals surface area contributed by atoms with Gasteiger partial charge in [0.05, 0.1) is 11.3 Å². The third-order valence-electron chi connectivity index (χ3n) is 2.34. The van der Waals surface area contributed by atoms with Crippen LogP contribution >= 0.6 is 0 Å². The number of Topliss-reactive ketones (excluding diaryl/α,β-unsaturated/α-hetero) is 1. The van der Waals surface area contributed by atoms with Gasteiger partial charge >= 0.3 is 6.18 Å². The lowest BCUT2D eigenvalue weighted by atomic mass is 10.1. The van der Waals surface area contributed by atoms with Crippen LogP contribution in [0.1, 0.15) is 48.7 Å². The highest BCUT2D eigenvalue weighted by molar-refractivity contribution is 5.95. The van der Waals surface area contributed by atoms with Gasteiger partial charge in [0.1, 0.15) is 0 Å². The fraction of sp³-hybridized carbons (Fsp3) is 0.545. The Morgan fingerprint density at radius 3 is 2.62 bits per heavy atom. The second-order valence-corrected chi connectivity index (χ2v) is 3.64. The monoisotopic (exact) mass is 233 g/mol. The molecule has 90 valence electrons. The second-order valence-electron chi connectivity index (χ2n) is 3.64. The molecule has 0 fully saturated rings. The zero-order valence-electron chi connectivity index (χ0n) is 9.03. The average molecular weight is 233 g/mol. The van der Waals surface area contributed by atoms with E-state index in [1.54, 1.807) is 0 Å². The molecule has 0 saturated carbocycles. The molecule has 0 amide bonds. The van der Waals surface area contributed by atoms with Crippen molar-refractivity contribution < 1.29 is 18.0 Å². The summed E-state index contributed by atoms with van der Waals surface area (Å²) >= 11 is 0. The highest BCUT2D eigenvalue weighted by Gasteiger charge is 2.35. The summed E-state index contributed by atoms with van der Waals surface area (Å²) in [7, 11) is 0. The van der Waals surface area contributed by atoms with E-state index < -0.39 is 17.5 Å². The number of aromatic nitrogens is 1. The van der Waals surface area contributed by atoms with E-state index in [2.05, 4.69) is 4.98 Å². The number of unbranched alkanes of at least 4 members (excludes halogenated alkanes) is 2. The molecule has 0 aliphatic rings. The number of carbonyl (C=O) groups excluding carboxylic acids is 1. The summed E-state index contributed by atoms with van der Waals surface area (Å²) in [6, 6.07) is 0.896. The SMILES string of the molecule is CCCCCC(=O)c1[nH]ccc1C(F)(F)F. The number of nitrogens with one attached hydrogen (secondary N) is 1. The minimum atomic E-state index is -4.46. The zero-order chi connectivity index (χ0) is 12.2. The van der Waals surface area contributed by atoms with E-state index in [9.17, 15) is 18.0 Å². The average Bonchev–Trinajstić information content (AvgIpc) is 2.65. The Balaban J connectivity index is 2.73. The zero-order valence-corrected chi connectivity index (χ0v) is 9.03. The van der Waals surface area contributed by atoms with Crippen LogP contribution in [0.15, 0.2) is 12.3 Å². The largest absolute Gasteiger partial charge is 0.418 e. The molecule has 2 nitrogen and oxygen atoms in total. The summed E-state index contributed by atoms with van der Waals surface area (Å²) in [5, 5.41) is 0. The van der Waals surface area contributed by atoms with Crippen molar-refractivity contribution in [3.05, 3.63) is 23.5 Å². The predicted molar refractivity (Wildman–Crippen MR) is 54.3 cm³/mol. The lowest BCUT2D eigenvalue weighted by Crippen LogP contribution is -2.11. The van der Waals surface area contributed by atoms with Gasteiger partial charge in [-0.3, -0.25) is 4.79 Å². The summed E-state index contributed by atoms with van der Waals surface area (Å²) in [5.41, 5.74) is -1.18. The Morgan fingerprint density at radius 1 is 1.38 bits per heavy atom. The van der Waals surface area contributed by atoms with Crippen LogP contribution in [0.25, 0.3) is 0 Å². The Labute approximate surface area is 91.9 Å². The van der Waals surface area contributed by atoms with Crippen molar-refractivity contribution in [3.63, 3.8) is 0 Å². The molecule has 0 radical (unpaired) electrons. The molecule has 0 aliphatic heterocycles. The number of hydrogen-bond acceptors (Lipinski definition) is 1. The van der Waals surface area contributed by atoms with E-state index in [4.69, 9.17) is 0 Å². The maximum absolute atomic E-state index is 12.5. The van der Waals surface area contributed by atoms with Crippen molar-refractivity contribution in [3.8, 4) is 0 Å². The molecule has 0 bridgehead atoms. The highest BCUT2D eigenvalue weighted by atomic mass is 19.4. The molecule has 0 spiro atoms. The first-order valence-corrected chi connectivity index (χ1v) is 5.24. The van der Waals surface area contributed by atoms with E-state index in [1.165, 1.54) is 0 Å². The Hall–Kier alpha value is -1.26. The number of halogens is 3. The van der Waals surface area contributed by atoms with Crippen molar-refractivity contribution in [1.29, 1.82) is 0 Å². The van der Waals surface area contributed by atoms with Gasteiger partial charge in [0, 0.05) is 12.6 Å². The molecule has 0 unspecified atom stereocenters. The fourth-order valence-corrected chi connectivity index (χ4v) is 1.50. The first kappa shape index (κ1) is 12.8. The molecular weight excluding hydrogens is 219 g/mol. The number of carbonyl (C=O) groups is 1. The topological polar surface area (TPSA) is 32.9 Å². The normalized spacial score (nSPS) is 11.8. The lowest BCUT2D eigenvalue weighted by Gasteiger charge is -2.06. The predicted octanol–water partition coefficient (Wildman–Crippen LogP) is 3.80. The highest BCUT2D eigenvalue weighted by Crippen LogP contribution is 2.32. The second kappa shape index (κ2) is 5.18. The van der Waals surface area contributed by atoms with Crippen molar-refractivity contribution in [1.82, 2.24) is 4.98 Å². The number of alkyl halides is 3. The summed E-state index contributed by atoms with van der Waals surface area (Å²) in [4.78, 5) is 13.9. The van der Waals surface area contributed by atoms with Crippen LogP contribution in [0.5, 0.6) is 0 Å². The molecule has 1 heterocycles. The van der Waals surface area contributed by atoms with Gasteiger partial charge in [-0.1, -0.05) is 19.8 Å². The van der Waals surface area contributed by atoms with Crippen molar-refractivity contribution in [2.24, 2.45) is 0 Å². The van der Waals surface area contributed by atoms with Gasteiger partial charge in [-0.25, -0.2) is 0 Å². The first-order valence-electron chi connectivity index (χ1n) is 5.24. The van der Waals surface area contributed by atoms with E-state index >= 15 is 0 Å². The van der Waals surface area contributed by atoms with Gasteiger partial charge in [0.2, 0.25) is 0 Å². The van der Waals surface area contributed by atoms with Gasteiger partial charge < -0.3 is 4.98 Å². The van der Waals surface area contributed by atoms with Crippen LogP contribution in [-0.4, -0.2) is 10.8 Å². The standard InChI is InChI=1S/C11H14F3NO/c1-2-3-4-5-9(16)10-8(6-7-15-10)11(12,13)14/h6-7,15H,2-5H2,1H3. The van der Waals surface area contributed by atoms with Crippen LogP contribution in [0.2, 0.25) is 0 Å². The molecule has 1 N–H and O–H groups in total. The van der Waals surface area contributed by atoms with Gasteiger partial charge in [-0.05, 0) is 12.5 Å². The van der Waals surface area contributed by atoms with Crippen molar-refractivity contribution in [2.75, 3.05) is 0 Å². The summed E-state index contributed by atoms with van der Waals surface area (Å²) in [6.45, 7) is 1.97. The smallest absolute Gasteiger partial charge is 0.358 e. The summed E-state index contributed by atoms with van der Waals surface area (Å²) < 4.78 is 37.4. The molecule has 5 heteroatoms. The van der Waals surface area contributed by atoms with Crippen LogP contribution in [-0.2, 0) is 6.18 Å². The Kier molecular flexibility index (Phi) is 4.15. The van der Waals surface area contributed by atoms with Crippen LogP contribution in [0, 0.1) is 0 Å². The number of hydrogen-bond donors (Lipinski definition) is 1. The molecule has 16 heavy (non-hydrogen) atoms. The quantitative estimate of drug-likeness (QED) is 0.609. The molecule has 0 atom stereocenters. The fourth-order valence-electron chi connectivity index (χ4n) is 1.50. The number of H-pyrrole nitrogens is 1. The van der Waals surface area contributed by atoms with Crippen molar-refractivity contribution >= 4 is 5.78 Å². The van der Waals surface area contributed by atoms with Gasteiger partial charge in [-0.15, -0.1) is 0 Å². The van der Waals surface area contributed by atoms with Gasteiger partial charge in [0.15, 0.2) is 5.78 Å². The number of ketones is 1. The maximum atomic E-state index is 12.5. The molecule has 0 aromatic carbocycles. The molecule has 0 saturated heterocycles. The van der Waals surface area contributed by atoms with E-state index in [-0.39, 0.29) is 12.1 Å².